The number of carbonyl (C=O) groups is 2. The van der Waals surface area contributed by atoms with Gasteiger partial charge in [0, 0.05) is 18.7 Å². The number of aryl methyl sites for hydroxylation is 1. The molecule has 0 fully saturated rings. The van der Waals surface area contributed by atoms with E-state index in [1.165, 1.54) is 6.26 Å². The number of unbranched alkanes of at least 4 members (excludes halogenated alkanes) is 1. The molecule has 2 amide bonds. The molecule has 0 N–H and O–H groups in total. The minimum absolute atomic E-state index is 0.0708. The predicted octanol–water partition coefficient (Wildman–Crippen LogP) is 5.57. The SMILES string of the molecule is CCCCN(CC(=O)N(Cc1ccccc1)Cc1coc2ccc(C)cc2c1=O)C(=O)c1ccccc1. The molecule has 0 unspecified atom stereocenters. The van der Waals surface area contributed by atoms with Crippen LogP contribution >= 0.6 is 0 Å². The van der Waals surface area contributed by atoms with Crippen molar-refractivity contribution in [3.63, 3.8) is 0 Å². The van der Waals surface area contributed by atoms with Gasteiger partial charge in [0.1, 0.15) is 12.1 Å². The van der Waals surface area contributed by atoms with Crippen molar-refractivity contribution >= 4 is 22.8 Å². The van der Waals surface area contributed by atoms with E-state index in [-0.39, 0.29) is 30.3 Å². The summed E-state index contributed by atoms with van der Waals surface area (Å²) in [5.41, 5.74) is 3.20. The Hall–Kier alpha value is -4.19. The average molecular weight is 497 g/mol. The molecule has 0 aliphatic rings. The number of benzene rings is 3. The topological polar surface area (TPSA) is 70.8 Å². The molecule has 0 bridgehead atoms. The molecule has 6 nitrogen and oxygen atoms in total. The van der Waals surface area contributed by atoms with Crippen LogP contribution in [0.25, 0.3) is 11.0 Å². The van der Waals surface area contributed by atoms with E-state index in [1.807, 2.05) is 61.5 Å². The maximum atomic E-state index is 13.7. The van der Waals surface area contributed by atoms with Crippen LogP contribution in [0.15, 0.2) is 94.3 Å². The molecule has 0 spiro atoms. The molecule has 4 rings (SSSR count). The zero-order chi connectivity index (χ0) is 26.2. The third-order valence-electron chi connectivity index (χ3n) is 6.35. The van der Waals surface area contributed by atoms with Crippen LogP contribution in [-0.2, 0) is 17.9 Å². The maximum absolute atomic E-state index is 13.7. The minimum Gasteiger partial charge on any atom is -0.464 e. The van der Waals surface area contributed by atoms with E-state index >= 15 is 0 Å². The van der Waals surface area contributed by atoms with Crippen LogP contribution in [0.3, 0.4) is 0 Å². The van der Waals surface area contributed by atoms with Gasteiger partial charge < -0.3 is 14.2 Å². The number of nitrogens with zero attached hydrogens (tertiary/aromatic N) is 2. The first-order chi connectivity index (χ1) is 18.0. The fraction of sp³-hybridized carbons (Fsp3) is 0.258. The lowest BCUT2D eigenvalue weighted by Gasteiger charge is -2.28. The van der Waals surface area contributed by atoms with Gasteiger partial charge in [-0.15, -0.1) is 0 Å². The fourth-order valence-electron chi connectivity index (χ4n) is 4.26. The Balaban J connectivity index is 1.63. The van der Waals surface area contributed by atoms with E-state index in [0.29, 0.717) is 35.2 Å². The molecule has 1 heterocycles. The van der Waals surface area contributed by atoms with Crippen molar-refractivity contribution < 1.29 is 14.0 Å². The number of carbonyl (C=O) groups excluding carboxylic acids is 2. The van der Waals surface area contributed by atoms with Crippen LogP contribution < -0.4 is 5.43 Å². The fourth-order valence-corrected chi connectivity index (χ4v) is 4.26. The highest BCUT2D eigenvalue weighted by atomic mass is 16.3. The highest BCUT2D eigenvalue weighted by molar-refractivity contribution is 5.96. The second-order valence-corrected chi connectivity index (χ2v) is 9.27. The largest absolute Gasteiger partial charge is 0.464 e. The van der Waals surface area contributed by atoms with E-state index in [9.17, 15) is 14.4 Å². The van der Waals surface area contributed by atoms with Gasteiger partial charge in [-0.1, -0.05) is 73.5 Å². The molecule has 0 saturated carbocycles. The normalized spacial score (nSPS) is 10.9. The number of amides is 2. The van der Waals surface area contributed by atoms with Gasteiger partial charge in [-0.25, -0.2) is 0 Å². The zero-order valence-corrected chi connectivity index (χ0v) is 21.4. The van der Waals surface area contributed by atoms with Crippen LogP contribution in [-0.4, -0.2) is 34.7 Å². The Morgan fingerprint density at radius 2 is 1.57 bits per heavy atom. The van der Waals surface area contributed by atoms with Gasteiger partial charge in [0.15, 0.2) is 5.43 Å². The van der Waals surface area contributed by atoms with Gasteiger partial charge in [0.05, 0.1) is 23.8 Å². The zero-order valence-electron chi connectivity index (χ0n) is 21.4. The molecular formula is C31H32N2O4. The van der Waals surface area contributed by atoms with Gasteiger partial charge in [-0.05, 0) is 43.2 Å². The monoisotopic (exact) mass is 496 g/mol. The Kier molecular flexibility index (Phi) is 8.52. The lowest BCUT2D eigenvalue weighted by atomic mass is 10.1. The summed E-state index contributed by atoms with van der Waals surface area (Å²) in [7, 11) is 0. The molecule has 4 aromatic rings. The van der Waals surface area contributed by atoms with Gasteiger partial charge in [0.25, 0.3) is 5.91 Å². The molecule has 1 aromatic heterocycles. The number of rotatable bonds is 10. The van der Waals surface area contributed by atoms with E-state index in [2.05, 4.69) is 6.92 Å². The standard InChI is InChI=1S/C31H32N2O4/c1-3-4-17-32(31(36)25-13-9-6-10-14-25)21-29(34)33(19-24-11-7-5-8-12-24)20-26-22-37-28-16-15-23(2)18-27(28)30(26)35/h5-16,18,22H,3-4,17,19-21H2,1-2H3. The lowest BCUT2D eigenvalue weighted by Crippen LogP contribution is -2.43. The molecule has 3 aromatic carbocycles. The highest BCUT2D eigenvalue weighted by Crippen LogP contribution is 2.16. The van der Waals surface area contributed by atoms with Crippen molar-refractivity contribution in [1.29, 1.82) is 0 Å². The maximum Gasteiger partial charge on any atom is 0.254 e. The Morgan fingerprint density at radius 3 is 2.27 bits per heavy atom. The first kappa shape index (κ1) is 25.9. The van der Waals surface area contributed by atoms with Gasteiger partial charge in [-0.2, -0.15) is 0 Å². The van der Waals surface area contributed by atoms with Crippen molar-refractivity contribution in [2.75, 3.05) is 13.1 Å². The van der Waals surface area contributed by atoms with E-state index in [1.54, 1.807) is 34.1 Å². The number of fused-ring (bicyclic) bond motifs is 1. The van der Waals surface area contributed by atoms with Crippen molar-refractivity contribution in [2.45, 2.75) is 39.8 Å². The third kappa shape index (κ3) is 6.53. The molecule has 37 heavy (non-hydrogen) atoms. The summed E-state index contributed by atoms with van der Waals surface area (Å²) < 4.78 is 5.74. The summed E-state index contributed by atoms with van der Waals surface area (Å²) in [4.78, 5) is 43.5. The van der Waals surface area contributed by atoms with Crippen LogP contribution in [0.2, 0.25) is 0 Å². The lowest BCUT2D eigenvalue weighted by molar-refractivity contribution is -0.133. The molecule has 6 heteroatoms. The van der Waals surface area contributed by atoms with Crippen LogP contribution in [0.4, 0.5) is 0 Å². The molecule has 0 aliphatic heterocycles. The van der Waals surface area contributed by atoms with Crippen molar-refractivity contribution in [3.05, 3.63) is 118 Å². The number of hydrogen-bond acceptors (Lipinski definition) is 4. The average Bonchev–Trinajstić information content (AvgIpc) is 2.93. The van der Waals surface area contributed by atoms with Crippen molar-refractivity contribution in [2.24, 2.45) is 0 Å². The number of hydrogen-bond donors (Lipinski definition) is 0. The molecule has 0 aliphatic carbocycles. The van der Waals surface area contributed by atoms with E-state index in [0.717, 1.165) is 24.0 Å². The van der Waals surface area contributed by atoms with E-state index < -0.39 is 0 Å². The van der Waals surface area contributed by atoms with E-state index in [4.69, 9.17) is 4.42 Å². The predicted molar refractivity (Wildman–Crippen MR) is 145 cm³/mol. The molecule has 190 valence electrons. The Labute approximate surface area is 217 Å². The molecule has 0 atom stereocenters. The van der Waals surface area contributed by atoms with Gasteiger partial charge in [0.2, 0.25) is 5.91 Å². The quantitative estimate of drug-likeness (QED) is 0.288. The van der Waals surface area contributed by atoms with Crippen molar-refractivity contribution in [3.8, 4) is 0 Å². The minimum atomic E-state index is -0.229. The molecular weight excluding hydrogens is 464 g/mol. The summed E-state index contributed by atoms with van der Waals surface area (Å²) in [6.45, 7) is 4.78. The third-order valence-corrected chi connectivity index (χ3v) is 6.35. The van der Waals surface area contributed by atoms with Crippen LogP contribution in [0.1, 0.15) is 46.8 Å². The molecule has 0 radical (unpaired) electrons. The first-order valence-corrected chi connectivity index (χ1v) is 12.6. The summed E-state index contributed by atoms with van der Waals surface area (Å²) in [6.07, 6.45) is 3.13. The van der Waals surface area contributed by atoms with Crippen LogP contribution in [0, 0.1) is 6.92 Å². The highest BCUT2D eigenvalue weighted by Gasteiger charge is 2.23. The van der Waals surface area contributed by atoms with Gasteiger partial charge in [-0.3, -0.25) is 14.4 Å². The smallest absolute Gasteiger partial charge is 0.254 e. The second kappa shape index (κ2) is 12.2. The summed E-state index contributed by atoms with van der Waals surface area (Å²) in [6, 6.07) is 24.1. The molecule has 0 saturated heterocycles. The summed E-state index contributed by atoms with van der Waals surface area (Å²) >= 11 is 0. The summed E-state index contributed by atoms with van der Waals surface area (Å²) in [5.74, 6) is -0.407. The van der Waals surface area contributed by atoms with Crippen molar-refractivity contribution in [1.82, 2.24) is 9.80 Å². The Morgan fingerprint density at radius 1 is 0.865 bits per heavy atom. The van der Waals surface area contributed by atoms with Crippen LogP contribution in [0.5, 0.6) is 0 Å². The summed E-state index contributed by atoms with van der Waals surface area (Å²) in [5, 5.41) is 0.494. The first-order valence-electron chi connectivity index (χ1n) is 12.6. The Bertz CT molecular complexity index is 1410. The van der Waals surface area contributed by atoms with Gasteiger partial charge >= 0.3 is 0 Å². The second-order valence-electron chi connectivity index (χ2n) is 9.27.